The SMILES string of the molecule is FC(F)(F)COc1ccc(NCC2CCC=CO2)cc1. The maximum Gasteiger partial charge on any atom is 0.422 e. The van der Waals surface area contributed by atoms with Crippen molar-refractivity contribution in [2.24, 2.45) is 0 Å². The molecule has 1 aliphatic heterocycles. The van der Waals surface area contributed by atoms with Crippen LogP contribution in [0, 0.1) is 0 Å². The summed E-state index contributed by atoms with van der Waals surface area (Å²) in [5.74, 6) is 0.199. The number of hydrogen-bond acceptors (Lipinski definition) is 3. The van der Waals surface area contributed by atoms with E-state index in [2.05, 4.69) is 10.1 Å². The predicted molar refractivity (Wildman–Crippen MR) is 69.7 cm³/mol. The molecule has 1 aromatic rings. The van der Waals surface area contributed by atoms with Gasteiger partial charge in [0, 0.05) is 5.69 Å². The van der Waals surface area contributed by atoms with Crippen LogP contribution in [0.3, 0.4) is 0 Å². The van der Waals surface area contributed by atoms with Crippen LogP contribution in [0.25, 0.3) is 0 Å². The van der Waals surface area contributed by atoms with Crippen LogP contribution in [-0.4, -0.2) is 25.4 Å². The van der Waals surface area contributed by atoms with Crippen molar-refractivity contribution in [3.8, 4) is 5.75 Å². The van der Waals surface area contributed by atoms with E-state index in [1.165, 1.54) is 12.1 Å². The summed E-state index contributed by atoms with van der Waals surface area (Å²) in [5.41, 5.74) is 0.822. The summed E-state index contributed by atoms with van der Waals surface area (Å²) >= 11 is 0. The molecular weight excluding hydrogens is 271 g/mol. The second kappa shape index (κ2) is 6.54. The highest BCUT2D eigenvalue weighted by molar-refractivity contribution is 5.46. The fourth-order valence-corrected chi connectivity index (χ4v) is 1.80. The van der Waals surface area contributed by atoms with E-state index in [0.29, 0.717) is 6.54 Å². The van der Waals surface area contributed by atoms with Crippen LogP contribution < -0.4 is 10.1 Å². The molecule has 0 saturated carbocycles. The number of alkyl halides is 3. The van der Waals surface area contributed by atoms with E-state index in [1.54, 1.807) is 18.4 Å². The van der Waals surface area contributed by atoms with Gasteiger partial charge in [0.2, 0.25) is 0 Å². The smallest absolute Gasteiger partial charge is 0.422 e. The molecule has 20 heavy (non-hydrogen) atoms. The van der Waals surface area contributed by atoms with Gasteiger partial charge >= 0.3 is 6.18 Å². The van der Waals surface area contributed by atoms with Crippen LogP contribution in [0.5, 0.6) is 5.75 Å². The number of nitrogens with one attached hydrogen (secondary N) is 1. The van der Waals surface area contributed by atoms with E-state index >= 15 is 0 Å². The minimum atomic E-state index is -4.32. The van der Waals surface area contributed by atoms with Gasteiger partial charge < -0.3 is 14.8 Å². The summed E-state index contributed by atoms with van der Waals surface area (Å²) in [5, 5.41) is 3.18. The molecule has 0 saturated heterocycles. The lowest BCUT2D eigenvalue weighted by molar-refractivity contribution is -0.153. The monoisotopic (exact) mass is 287 g/mol. The highest BCUT2D eigenvalue weighted by Gasteiger charge is 2.28. The Balaban J connectivity index is 1.77. The topological polar surface area (TPSA) is 30.5 Å². The third-order valence-corrected chi connectivity index (χ3v) is 2.81. The molecular formula is C14H16F3NO2. The van der Waals surface area contributed by atoms with Crippen LogP contribution >= 0.6 is 0 Å². The first-order chi connectivity index (χ1) is 9.53. The van der Waals surface area contributed by atoms with E-state index in [0.717, 1.165) is 18.5 Å². The van der Waals surface area contributed by atoms with E-state index in [1.807, 2.05) is 6.08 Å². The third-order valence-electron chi connectivity index (χ3n) is 2.81. The molecule has 1 unspecified atom stereocenters. The standard InChI is InChI=1S/C14H16F3NO2/c15-14(16,17)10-20-12-6-4-11(5-7-12)18-9-13-3-1-2-8-19-13/h2,4-8,13,18H,1,3,9-10H2. The highest BCUT2D eigenvalue weighted by atomic mass is 19.4. The number of rotatable bonds is 5. The summed E-state index contributed by atoms with van der Waals surface area (Å²) in [7, 11) is 0. The van der Waals surface area contributed by atoms with Crippen molar-refractivity contribution < 1.29 is 22.6 Å². The minimum absolute atomic E-state index is 0.126. The Morgan fingerprint density at radius 1 is 1.25 bits per heavy atom. The Kier molecular flexibility index (Phi) is 4.76. The van der Waals surface area contributed by atoms with E-state index in [9.17, 15) is 13.2 Å². The number of allylic oxidation sites excluding steroid dienone is 1. The predicted octanol–water partition coefficient (Wildman–Crippen LogP) is 3.73. The summed E-state index contributed by atoms with van der Waals surface area (Å²) in [6.07, 6.45) is 1.43. The molecule has 0 spiro atoms. The zero-order chi connectivity index (χ0) is 14.4. The van der Waals surface area contributed by atoms with Crippen LogP contribution in [0.4, 0.5) is 18.9 Å². The first kappa shape index (κ1) is 14.6. The second-order valence-electron chi connectivity index (χ2n) is 4.52. The molecule has 0 radical (unpaired) electrons. The van der Waals surface area contributed by atoms with Crippen molar-refractivity contribution in [3.63, 3.8) is 0 Å². The normalized spacial score (nSPS) is 18.4. The number of anilines is 1. The molecule has 0 aliphatic carbocycles. The van der Waals surface area contributed by atoms with Crippen LogP contribution in [0.15, 0.2) is 36.6 Å². The average molecular weight is 287 g/mol. The molecule has 1 atom stereocenters. The molecule has 1 aromatic carbocycles. The van der Waals surface area contributed by atoms with E-state index < -0.39 is 12.8 Å². The maximum atomic E-state index is 12.0. The quantitative estimate of drug-likeness (QED) is 0.895. The summed E-state index contributed by atoms with van der Waals surface area (Å²) in [4.78, 5) is 0. The molecule has 3 nitrogen and oxygen atoms in total. The zero-order valence-electron chi connectivity index (χ0n) is 10.8. The van der Waals surface area contributed by atoms with Gasteiger partial charge in [0.05, 0.1) is 12.8 Å². The first-order valence-corrected chi connectivity index (χ1v) is 6.37. The second-order valence-corrected chi connectivity index (χ2v) is 4.52. The molecule has 1 aliphatic rings. The maximum absolute atomic E-state index is 12.0. The molecule has 1 N–H and O–H groups in total. The molecule has 0 bridgehead atoms. The first-order valence-electron chi connectivity index (χ1n) is 6.37. The number of hydrogen-bond donors (Lipinski definition) is 1. The van der Waals surface area contributed by atoms with Gasteiger partial charge in [-0.05, 0) is 43.2 Å². The number of benzene rings is 1. The molecule has 6 heteroatoms. The molecule has 0 fully saturated rings. The third kappa shape index (κ3) is 5.03. The van der Waals surface area contributed by atoms with Crippen molar-refractivity contribution in [2.45, 2.75) is 25.1 Å². The van der Waals surface area contributed by atoms with Gasteiger partial charge in [-0.25, -0.2) is 0 Å². The van der Waals surface area contributed by atoms with Crippen LogP contribution in [-0.2, 0) is 4.74 Å². The fraction of sp³-hybridized carbons (Fsp3) is 0.429. The van der Waals surface area contributed by atoms with Crippen LogP contribution in [0.2, 0.25) is 0 Å². The summed E-state index contributed by atoms with van der Waals surface area (Å²) < 4.78 is 46.0. The summed E-state index contributed by atoms with van der Waals surface area (Å²) in [6.45, 7) is -0.616. The summed E-state index contributed by atoms with van der Waals surface area (Å²) in [6, 6.07) is 6.39. The van der Waals surface area contributed by atoms with Gasteiger partial charge in [-0.3, -0.25) is 0 Å². The minimum Gasteiger partial charge on any atom is -0.497 e. The Hall–Kier alpha value is -1.85. The van der Waals surface area contributed by atoms with E-state index in [4.69, 9.17) is 4.74 Å². The van der Waals surface area contributed by atoms with Crippen molar-refractivity contribution in [1.29, 1.82) is 0 Å². The Morgan fingerprint density at radius 3 is 2.60 bits per heavy atom. The van der Waals surface area contributed by atoms with Crippen molar-refractivity contribution in [2.75, 3.05) is 18.5 Å². The highest BCUT2D eigenvalue weighted by Crippen LogP contribution is 2.20. The Labute approximate surface area is 115 Å². The van der Waals surface area contributed by atoms with Crippen LogP contribution in [0.1, 0.15) is 12.8 Å². The number of halogens is 3. The largest absolute Gasteiger partial charge is 0.497 e. The van der Waals surface area contributed by atoms with Gasteiger partial charge in [0.1, 0.15) is 11.9 Å². The number of ether oxygens (including phenoxy) is 2. The van der Waals surface area contributed by atoms with Gasteiger partial charge in [0.25, 0.3) is 0 Å². The van der Waals surface area contributed by atoms with Gasteiger partial charge in [-0.15, -0.1) is 0 Å². The molecule has 2 rings (SSSR count). The lowest BCUT2D eigenvalue weighted by Crippen LogP contribution is -2.23. The van der Waals surface area contributed by atoms with Crippen molar-refractivity contribution >= 4 is 5.69 Å². The fourth-order valence-electron chi connectivity index (χ4n) is 1.80. The molecule has 0 amide bonds. The Morgan fingerprint density at radius 2 is 2.00 bits per heavy atom. The zero-order valence-corrected chi connectivity index (χ0v) is 10.8. The molecule has 1 heterocycles. The Bertz CT molecular complexity index is 443. The van der Waals surface area contributed by atoms with Crippen molar-refractivity contribution in [1.82, 2.24) is 0 Å². The lowest BCUT2D eigenvalue weighted by Gasteiger charge is -2.20. The van der Waals surface area contributed by atoms with E-state index in [-0.39, 0.29) is 11.9 Å². The average Bonchev–Trinajstić information content (AvgIpc) is 2.44. The van der Waals surface area contributed by atoms with Crippen molar-refractivity contribution in [3.05, 3.63) is 36.6 Å². The molecule has 110 valence electrons. The van der Waals surface area contributed by atoms with Gasteiger partial charge in [-0.1, -0.05) is 0 Å². The van der Waals surface area contributed by atoms with Gasteiger partial charge in [0.15, 0.2) is 6.61 Å². The lowest BCUT2D eigenvalue weighted by atomic mass is 10.1. The van der Waals surface area contributed by atoms with Gasteiger partial charge in [-0.2, -0.15) is 13.2 Å². The molecule has 0 aromatic heterocycles.